The summed E-state index contributed by atoms with van der Waals surface area (Å²) in [4.78, 5) is 22.5. The van der Waals surface area contributed by atoms with Gasteiger partial charge in [0.2, 0.25) is 11.8 Å². The molecule has 0 radical (unpaired) electrons. The summed E-state index contributed by atoms with van der Waals surface area (Å²) in [6.07, 6.45) is 0.617. The minimum absolute atomic E-state index is 0.0957. The first-order valence-electron chi connectivity index (χ1n) is 5.87. The first-order valence-corrected chi connectivity index (χ1v) is 6.94. The number of rotatable bonds is 7. The van der Waals surface area contributed by atoms with Crippen molar-refractivity contribution in [3.05, 3.63) is 35.9 Å². The lowest BCUT2D eigenvalue weighted by Crippen LogP contribution is -2.45. The fourth-order valence-corrected chi connectivity index (χ4v) is 1.80. The zero-order valence-corrected chi connectivity index (χ0v) is 11.9. The van der Waals surface area contributed by atoms with Crippen molar-refractivity contribution in [2.45, 2.75) is 12.5 Å². The number of hydrogen-bond acceptors (Lipinski definition) is 2. The van der Waals surface area contributed by atoms with Gasteiger partial charge in [-0.05, 0) is 12.0 Å². The van der Waals surface area contributed by atoms with Crippen LogP contribution in [0.25, 0.3) is 0 Å². The Morgan fingerprint density at radius 1 is 1.05 bits per heavy atom. The van der Waals surface area contributed by atoms with Gasteiger partial charge >= 0.3 is 0 Å². The van der Waals surface area contributed by atoms with Crippen LogP contribution in [0.15, 0.2) is 30.3 Å². The largest absolute Gasteiger partial charge is 0.353 e. The van der Waals surface area contributed by atoms with E-state index in [0.717, 1.165) is 5.56 Å². The van der Waals surface area contributed by atoms with Crippen molar-refractivity contribution in [1.82, 2.24) is 10.6 Å². The van der Waals surface area contributed by atoms with Crippen LogP contribution < -0.4 is 10.6 Å². The fraction of sp³-hybridized carbons (Fsp3) is 0.385. The van der Waals surface area contributed by atoms with Crippen molar-refractivity contribution >= 4 is 35.0 Å². The lowest BCUT2D eigenvalue weighted by atomic mass is 10.1. The highest BCUT2D eigenvalue weighted by Gasteiger charge is 2.13. The highest BCUT2D eigenvalue weighted by atomic mass is 35.5. The number of halogens is 2. The van der Waals surface area contributed by atoms with Gasteiger partial charge in [0.15, 0.2) is 0 Å². The fourth-order valence-electron chi connectivity index (χ4n) is 1.62. The molecule has 0 heterocycles. The van der Waals surface area contributed by atoms with Gasteiger partial charge in [0.1, 0.15) is 11.8 Å². The first kappa shape index (κ1) is 15.8. The van der Waals surface area contributed by atoms with Gasteiger partial charge in [0.05, 0.1) is 6.04 Å². The van der Waals surface area contributed by atoms with Gasteiger partial charge in [0, 0.05) is 6.54 Å². The van der Waals surface area contributed by atoms with Crippen molar-refractivity contribution in [3.63, 3.8) is 0 Å². The number of benzene rings is 1. The Bertz CT molecular complexity index is 412. The smallest absolute Gasteiger partial charge is 0.235 e. The third-order valence-electron chi connectivity index (χ3n) is 2.48. The molecule has 4 nitrogen and oxygen atoms in total. The van der Waals surface area contributed by atoms with Crippen LogP contribution in [0.5, 0.6) is 0 Å². The minimum Gasteiger partial charge on any atom is -0.353 e. The van der Waals surface area contributed by atoms with Gasteiger partial charge in [-0.15, -0.1) is 23.2 Å². The molecule has 19 heavy (non-hydrogen) atoms. The molecule has 0 aliphatic carbocycles. The Labute approximate surface area is 122 Å². The maximum atomic E-state index is 11.3. The summed E-state index contributed by atoms with van der Waals surface area (Å²) < 4.78 is 0. The van der Waals surface area contributed by atoms with E-state index < -0.39 is 0 Å². The number of amides is 2. The van der Waals surface area contributed by atoms with E-state index in [0.29, 0.717) is 13.0 Å². The average Bonchev–Trinajstić information content (AvgIpc) is 2.45. The van der Waals surface area contributed by atoms with E-state index >= 15 is 0 Å². The summed E-state index contributed by atoms with van der Waals surface area (Å²) in [5.74, 6) is -0.724. The summed E-state index contributed by atoms with van der Waals surface area (Å²) >= 11 is 10.9. The molecule has 104 valence electrons. The molecule has 0 saturated carbocycles. The monoisotopic (exact) mass is 302 g/mol. The van der Waals surface area contributed by atoms with Crippen LogP contribution in [0.2, 0.25) is 0 Å². The molecule has 0 bridgehead atoms. The van der Waals surface area contributed by atoms with Crippen LogP contribution in [0, 0.1) is 0 Å². The van der Waals surface area contributed by atoms with Gasteiger partial charge in [-0.2, -0.15) is 0 Å². The van der Waals surface area contributed by atoms with Crippen molar-refractivity contribution in [2.75, 3.05) is 18.3 Å². The van der Waals surface area contributed by atoms with Crippen LogP contribution in [-0.2, 0) is 16.0 Å². The topological polar surface area (TPSA) is 58.2 Å². The molecule has 2 N–H and O–H groups in total. The molecule has 1 atom stereocenters. The Hall–Kier alpha value is -1.26. The molecule has 0 aliphatic rings. The first-order chi connectivity index (χ1) is 9.15. The molecule has 0 fully saturated rings. The van der Waals surface area contributed by atoms with Gasteiger partial charge in [0.25, 0.3) is 0 Å². The Morgan fingerprint density at radius 2 is 1.68 bits per heavy atom. The van der Waals surface area contributed by atoms with E-state index in [4.69, 9.17) is 23.2 Å². The molecule has 1 aromatic rings. The summed E-state index contributed by atoms with van der Waals surface area (Å²) in [5, 5.41) is 5.42. The molecule has 1 aromatic carbocycles. The number of carbonyl (C=O) groups is 2. The molecule has 0 spiro atoms. The van der Waals surface area contributed by atoms with Crippen LogP contribution in [0.3, 0.4) is 0 Å². The summed E-state index contributed by atoms with van der Waals surface area (Å²) in [6.45, 7) is 0.322. The van der Waals surface area contributed by atoms with Crippen molar-refractivity contribution in [1.29, 1.82) is 0 Å². The number of alkyl halides is 2. The summed E-state index contributed by atoms with van der Waals surface area (Å²) in [7, 11) is 0. The van der Waals surface area contributed by atoms with E-state index in [9.17, 15) is 9.59 Å². The van der Waals surface area contributed by atoms with Crippen molar-refractivity contribution in [3.8, 4) is 0 Å². The molecule has 6 heteroatoms. The van der Waals surface area contributed by atoms with Gasteiger partial charge in [-0.1, -0.05) is 30.3 Å². The lowest BCUT2D eigenvalue weighted by molar-refractivity contribution is -0.121. The van der Waals surface area contributed by atoms with Gasteiger partial charge < -0.3 is 10.6 Å². The van der Waals surface area contributed by atoms with E-state index in [-0.39, 0.29) is 29.6 Å². The number of hydrogen-bond donors (Lipinski definition) is 2. The maximum absolute atomic E-state index is 11.3. The maximum Gasteiger partial charge on any atom is 0.235 e. The Balaban J connectivity index is 2.58. The second-order valence-electron chi connectivity index (χ2n) is 4.03. The number of nitrogens with one attached hydrogen (secondary N) is 2. The summed E-state index contributed by atoms with van der Waals surface area (Å²) in [5.41, 5.74) is 1.07. The van der Waals surface area contributed by atoms with Crippen molar-refractivity contribution < 1.29 is 9.59 Å². The third-order valence-corrected chi connectivity index (χ3v) is 2.96. The predicted octanol–water partition coefficient (Wildman–Crippen LogP) is 1.31. The molecule has 0 saturated heterocycles. The quantitative estimate of drug-likeness (QED) is 0.746. The molecular weight excluding hydrogens is 287 g/mol. The second-order valence-corrected chi connectivity index (χ2v) is 4.56. The zero-order chi connectivity index (χ0) is 14.1. The third kappa shape index (κ3) is 6.45. The highest BCUT2D eigenvalue weighted by molar-refractivity contribution is 6.27. The Morgan fingerprint density at radius 3 is 2.26 bits per heavy atom. The standard InChI is InChI=1S/C13H16Cl2N2O2/c14-7-12(18)16-9-11(17-13(19)8-15)6-10-4-2-1-3-5-10/h1-5,11H,6-9H2,(H,16,18)(H,17,19)/t11-/m0/s1. The molecule has 0 aromatic heterocycles. The van der Waals surface area contributed by atoms with Crippen molar-refractivity contribution in [2.24, 2.45) is 0 Å². The normalized spacial score (nSPS) is 11.7. The SMILES string of the molecule is O=C(CCl)NC[C@H](Cc1ccccc1)NC(=O)CCl. The van der Waals surface area contributed by atoms with Gasteiger partial charge in [-0.3, -0.25) is 9.59 Å². The second kappa shape index (κ2) is 8.77. The molecule has 2 amide bonds. The van der Waals surface area contributed by atoms with Crippen LogP contribution in [-0.4, -0.2) is 36.2 Å². The van der Waals surface area contributed by atoms with Gasteiger partial charge in [-0.25, -0.2) is 0 Å². The van der Waals surface area contributed by atoms with Crippen LogP contribution in [0.1, 0.15) is 5.56 Å². The highest BCUT2D eigenvalue weighted by Crippen LogP contribution is 2.03. The summed E-state index contributed by atoms with van der Waals surface area (Å²) in [6, 6.07) is 9.48. The number of carbonyl (C=O) groups excluding carboxylic acids is 2. The van der Waals surface area contributed by atoms with E-state index in [1.54, 1.807) is 0 Å². The molecule has 0 unspecified atom stereocenters. The molecular formula is C13H16Cl2N2O2. The predicted molar refractivity (Wildman–Crippen MR) is 76.5 cm³/mol. The molecule has 0 aliphatic heterocycles. The Kier molecular flexibility index (Phi) is 7.30. The molecule has 1 rings (SSSR count). The van der Waals surface area contributed by atoms with Crippen LogP contribution >= 0.6 is 23.2 Å². The van der Waals surface area contributed by atoms with E-state index in [1.165, 1.54) is 0 Å². The van der Waals surface area contributed by atoms with E-state index in [2.05, 4.69) is 10.6 Å². The lowest BCUT2D eigenvalue weighted by Gasteiger charge is -2.18. The van der Waals surface area contributed by atoms with E-state index in [1.807, 2.05) is 30.3 Å². The van der Waals surface area contributed by atoms with Crippen LogP contribution in [0.4, 0.5) is 0 Å². The minimum atomic E-state index is -0.264. The average molecular weight is 303 g/mol. The zero-order valence-electron chi connectivity index (χ0n) is 10.4.